The third-order valence-electron chi connectivity index (χ3n) is 11.0. The Morgan fingerprint density at radius 3 is 0.731 bits per heavy atom. The van der Waals surface area contributed by atoms with Gasteiger partial charge in [0.05, 0.1) is 26.4 Å². The van der Waals surface area contributed by atoms with Gasteiger partial charge in [-0.2, -0.15) is 0 Å². The summed E-state index contributed by atoms with van der Waals surface area (Å²) in [6, 6.07) is 8.18. The average Bonchev–Trinajstić information content (AvgIpc) is 3.87. The van der Waals surface area contributed by atoms with Crippen LogP contribution in [0.15, 0.2) is 24.3 Å². The molecule has 0 fully saturated rings. The van der Waals surface area contributed by atoms with Crippen molar-refractivity contribution >= 4 is 23.9 Å². The van der Waals surface area contributed by atoms with Gasteiger partial charge in [-0.25, -0.2) is 0 Å². The number of esters is 4. The van der Waals surface area contributed by atoms with Crippen molar-refractivity contribution in [3.8, 4) is 47.4 Å². The van der Waals surface area contributed by atoms with Crippen LogP contribution in [0, 0.1) is 69.0 Å². The van der Waals surface area contributed by atoms with Crippen molar-refractivity contribution in [2.75, 3.05) is 26.4 Å². The van der Waals surface area contributed by atoms with Crippen LogP contribution in [0.5, 0.6) is 0 Å². The summed E-state index contributed by atoms with van der Waals surface area (Å²) in [5, 5.41) is 0. The molecule has 8 aliphatic carbocycles. The molecule has 0 heterocycles. The zero-order valence-corrected chi connectivity index (χ0v) is 30.1. The molecule has 0 saturated carbocycles. The summed E-state index contributed by atoms with van der Waals surface area (Å²) in [4.78, 5) is 54.2. The van der Waals surface area contributed by atoms with Gasteiger partial charge < -0.3 is 18.9 Å². The highest BCUT2D eigenvalue weighted by molar-refractivity contribution is 5.87. The minimum atomic E-state index is -1.14. The van der Waals surface area contributed by atoms with Gasteiger partial charge in [0.15, 0.2) is 0 Å². The molecule has 0 N–H and O–H groups in total. The Balaban J connectivity index is 1.38. The van der Waals surface area contributed by atoms with Crippen molar-refractivity contribution in [3.05, 3.63) is 68.8 Å². The molecule has 0 atom stereocenters. The van der Waals surface area contributed by atoms with E-state index in [9.17, 15) is 19.2 Å². The summed E-state index contributed by atoms with van der Waals surface area (Å²) < 4.78 is 22.2. The van der Waals surface area contributed by atoms with Gasteiger partial charge in [0, 0.05) is 51.4 Å². The van der Waals surface area contributed by atoms with E-state index in [1.54, 1.807) is 27.7 Å². The molecule has 264 valence electrons. The van der Waals surface area contributed by atoms with Crippen molar-refractivity contribution in [1.82, 2.24) is 0 Å². The normalized spacial score (nSPS) is 26.4. The summed E-state index contributed by atoms with van der Waals surface area (Å²) in [6.45, 7) is 7.90. The van der Waals surface area contributed by atoms with E-state index in [-0.39, 0.29) is 26.4 Å². The van der Waals surface area contributed by atoms with Crippen LogP contribution >= 0.6 is 0 Å². The van der Waals surface area contributed by atoms with E-state index in [1.165, 1.54) is 0 Å². The molecule has 52 heavy (non-hydrogen) atoms. The van der Waals surface area contributed by atoms with Crippen molar-refractivity contribution in [2.24, 2.45) is 21.7 Å². The Bertz CT molecular complexity index is 1800. The molecule has 8 aliphatic rings. The van der Waals surface area contributed by atoms with E-state index in [2.05, 4.69) is 47.4 Å². The monoisotopic (exact) mass is 696 g/mol. The predicted molar refractivity (Wildman–Crippen MR) is 190 cm³/mol. The first-order chi connectivity index (χ1) is 25.0. The highest BCUT2D eigenvalue weighted by Crippen LogP contribution is 2.46. The van der Waals surface area contributed by atoms with E-state index in [0.29, 0.717) is 51.4 Å². The fourth-order valence-electron chi connectivity index (χ4n) is 8.57. The molecular weight excluding hydrogens is 656 g/mol. The summed E-state index contributed by atoms with van der Waals surface area (Å²) in [7, 11) is 0. The smallest absolute Gasteiger partial charge is 0.324 e. The summed E-state index contributed by atoms with van der Waals surface area (Å²) in [6.07, 6.45) is 2.58. The van der Waals surface area contributed by atoms with Gasteiger partial charge in [0.2, 0.25) is 0 Å². The lowest BCUT2D eigenvalue weighted by Crippen LogP contribution is -2.33. The second kappa shape index (κ2) is 13.3. The molecule has 8 heteroatoms. The molecule has 0 saturated heterocycles. The SMILES string of the molecule is CCOC(=O)C12C#CC#CC3(C(=O)OCC)Cc4cc5c(cc4C3)CC(C(=O)OCC)(C#CC#CC3(C(=O)OCC)Cc4cc(c(cc4C3)C1)C2)C5. The minimum Gasteiger partial charge on any atom is -0.465 e. The van der Waals surface area contributed by atoms with Crippen molar-refractivity contribution in [1.29, 1.82) is 0 Å². The number of benzene rings is 2. The van der Waals surface area contributed by atoms with Crippen LogP contribution in [0.1, 0.15) is 72.2 Å². The van der Waals surface area contributed by atoms with E-state index in [0.717, 1.165) is 44.5 Å². The lowest BCUT2D eigenvalue weighted by molar-refractivity contribution is -0.152. The standard InChI is InChI=1S/C44H40O8/c1-5-49-37(45)41-13-9-10-14-42(38(46)50-6-2)25-33-19-35-27-44(40(48)52-8-4,28-36(35)20-34(33)26-42)16-12-11-15-43(39(47)51-7-3)23-31-17-29(21-41)30(22-41)18-32(31)24-43/h17-20H,5-8,21-28H2,1-4H3. The molecule has 0 spiro atoms. The number of rotatable bonds is 8. The highest BCUT2D eigenvalue weighted by Gasteiger charge is 2.50. The molecular formula is C44H40O8. The van der Waals surface area contributed by atoms with Gasteiger partial charge >= 0.3 is 23.9 Å². The first kappa shape index (κ1) is 35.0. The molecule has 2 aromatic carbocycles. The van der Waals surface area contributed by atoms with Crippen molar-refractivity contribution in [3.63, 3.8) is 0 Å². The topological polar surface area (TPSA) is 105 Å². The minimum absolute atomic E-state index is 0.208. The summed E-state index contributed by atoms with van der Waals surface area (Å²) >= 11 is 0. The maximum atomic E-state index is 13.6. The number of hydrogen-bond donors (Lipinski definition) is 0. The quantitative estimate of drug-likeness (QED) is 0.232. The molecule has 0 amide bonds. The second-order valence-electron chi connectivity index (χ2n) is 14.4. The largest absolute Gasteiger partial charge is 0.465 e. The number of carbonyl (C=O) groups is 4. The average molecular weight is 697 g/mol. The van der Waals surface area contributed by atoms with E-state index < -0.39 is 45.5 Å². The van der Waals surface area contributed by atoms with Crippen molar-refractivity contribution in [2.45, 2.75) is 79.1 Å². The Morgan fingerprint density at radius 2 is 0.577 bits per heavy atom. The lowest BCUT2D eigenvalue weighted by Gasteiger charge is -2.21. The van der Waals surface area contributed by atoms with Gasteiger partial charge in [-0.15, -0.1) is 0 Å². The number of carbonyl (C=O) groups excluding carboxylic acids is 4. The maximum Gasteiger partial charge on any atom is 0.324 e. The zero-order chi connectivity index (χ0) is 36.7. The Morgan fingerprint density at radius 1 is 0.404 bits per heavy atom. The molecule has 0 aliphatic heterocycles. The third kappa shape index (κ3) is 5.82. The van der Waals surface area contributed by atoms with Gasteiger partial charge in [-0.1, -0.05) is 47.9 Å². The van der Waals surface area contributed by atoms with Crippen LogP contribution < -0.4 is 0 Å². The van der Waals surface area contributed by atoms with Crippen LogP contribution in [0.4, 0.5) is 0 Å². The molecule has 0 radical (unpaired) electrons. The van der Waals surface area contributed by atoms with Gasteiger partial charge in [-0.05, 0) is 95.9 Å². The molecule has 0 unspecified atom stereocenters. The fourth-order valence-corrected chi connectivity index (χ4v) is 8.57. The fraction of sp³-hybridized carbons (Fsp3) is 0.455. The first-order valence-corrected chi connectivity index (χ1v) is 18.1. The molecule has 2 aromatic rings. The first-order valence-electron chi connectivity index (χ1n) is 18.1. The lowest BCUT2D eigenvalue weighted by atomic mass is 9.83. The van der Waals surface area contributed by atoms with E-state index in [1.807, 2.05) is 24.3 Å². The van der Waals surface area contributed by atoms with Crippen LogP contribution in [0.2, 0.25) is 0 Å². The van der Waals surface area contributed by atoms with Crippen LogP contribution in [-0.4, -0.2) is 50.3 Å². The Labute approximate surface area is 304 Å². The van der Waals surface area contributed by atoms with Crippen LogP contribution in [0.3, 0.4) is 0 Å². The van der Waals surface area contributed by atoms with E-state index in [4.69, 9.17) is 18.9 Å². The van der Waals surface area contributed by atoms with E-state index >= 15 is 0 Å². The second-order valence-corrected chi connectivity index (χ2v) is 14.4. The maximum absolute atomic E-state index is 13.6. The summed E-state index contributed by atoms with van der Waals surface area (Å²) in [5.74, 6) is 22.9. The predicted octanol–water partition coefficient (Wildman–Crippen LogP) is 4.01. The van der Waals surface area contributed by atoms with Crippen LogP contribution in [-0.2, 0) is 89.5 Å². The number of ether oxygens (including phenoxy) is 4. The molecule has 0 aromatic heterocycles. The molecule has 12 bridgehead atoms. The highest BCUT2D eigenvalue weighted by atomic mass is 16.5. The molecule has 10 rings (SSSR count). The van der Waals surface area contributed by atoms with Gasteiger partial charge in [0.25, 0.3) is 0 Å². The van der Waals surface area contributed by atoms with Gasteiger partial charge in [-0.3, -0.25) is 19.2 Å². The third-order valence-corrected chi connectivity index (χ3v) is 11.0. The molecule has 8 nitrogen and oxygen atoms in total. The summed E-state index contributed by atoms with van der Waals surface area (Å²) in [5.41, 5.74) is 3.02. The van der Waals surface area contributed by atoms with Crippen LogP contribution in [0.25, 0.3) is 0 Å². The van der Waals surface area contributed by atoms with Gasteiger partial charge in [0.1, 0.15) is 21.7 Å². The Hall–Kier alpha value is -5.44. The number of hydrogen-bond acceptors (Lipinski definition) is 8. The van der Waals surface area contributed by atoms with Crippen molar-refractivity contribution < 1.29 is 38.1 Å². The Kier molecular flexibility index (Phi) is 8.93. The zero-order valence-electron chi connectivity index (χ0n) is 30.1.